The highest BCUT2D eigenvalue weighted by Crippen LogP contribution is 2.16. The Bertz CT molecular complexity index is 645. The van der Waals surface area contributed by atoms with Crippen LogP contribution in [0.15, 0.2) is 24.3 Å². The van der Waals surface area contributed by atoms with Crippen LogP contribution in [0.1, 0.15) is 18.9 Å². The van der Waals surface area contributed by atoms with E-state index in [1.54, 1.807) is 0 Å². The molecule has 0 spiro atoms. The normalized spacial score (nSPS) is 20.9. The van der Waals surface area contributed by atoms with Crippen LogP contribution in [0, 0.1) is 6.92 Å². The number of aryl methyl sites for hydroxylation is 1. The van der Waals surface area contributed by atoms with E-state index >= 15 is 0 Å². The van der Waals surface area contributed by atoms with E-state index in [9.17, 15) is 13.2 Å². The minimum absolute atomic E-state index is 0.0621. The fraction of sp³-hybridized carbons (Fsp3) is 0.562. The Morgan fingerprint density at radius 1 is 1.48 bits per heavy atom. The van der Waals surface area contributed by atoms with Crippen LogP contribution in [0.5, 0.6) is 5.75 Å². The van der Waals surface area contributed by atoms with Crippen molar-refractivity contribution in [1.82, 2.24) is 5.32 Å². The van der Waals surface area contributed by atoms with Gasteiger partial charge in [-0.2, -0.15) is 0 Å². The lowest BCUT2D eigenvalue weighted by molar-refractivity contribution is -0.120. The molecule has 0 saturated carbocycles. The van der Waals surface area contributed by atoms with Crippen LogP contribution < -0.4 is 10.1 Å². The molecule has 1 N–H and O–H groups in total. The van der Waals surface area contributed by atoms with Crippen molar-refractivity contribution in [2.45, 2.75) is 31.6 Å². The number of sulfone groups is 1. The van der Waals surface area contributed by atoms with E-state index in [1.807, 2.05) is 38.1 Å². The number of benzene rings is 1. The van der Waals surface area contributed by atoms with Crippen LogP contribution in [0.3, 0.4) is 0 Å². The summed E-state index contributed by atoms with van der Waals surface area (Å²) >= 11 is 1.50. The highest BCUT2D eigenvalue weighted by Gasteiger charge is 2.29. The second kappa shape index (κ2) is 8.06. The number of thioether (sulfide) groups is 1. The summed E-state index contributed by atoms with van der Waals surface area (Å²) in [6.07, 6.45) is 0.516. The number of rotatable bonds is 7. The quantitative estimate of drug-likeness (QED) is 0.754. The molecule has 1 amide bonds. The van der Waals surface area contributed by atoms with Gasteiger partial charge < -0.3 is 10.1 Å². The standard InChI is InChI=1S/C16H23NO4S2/c1-12-4-3-5-15(10-12)21-7-8-22-13(2)16(18)17-14-6-9-23(19,20)11-14/h3-5,10,13-14H,6-9,11H2,1-2H3,(H,17,18). The number of carbonyl (C=O) groups excluding carboxylic acids is 1. The minimum atomic E-state index is -2.96. The summed E-state index contributed by atoms with van der Waals surface area (Å²) in [5.74, 6) is 1.66. The third kappa shape index (κ3) is 6.06. The molecule has 1 fully saturated rings. The van der Waals surface area contributed by atoms with Crippen LogP contribution in [-0.4, -0.2) is 49.5 Å². The second-order valence-corrected chi connectivity index (χ2v) is 9.46. The van der Waals surface area contributed by atoms with Crippen LogP contribution in [0.25, 0.3) is 0 Å². The average molecular weight is 357 g/mol. The van der Waals surface area contributed by atoms with Gasteiger partial charge in [-0.05, 0) is 38.0 Å². The third-order valence-electron chi connectivity index (χ3n) is 3.66. The molecule has 2 unspecified atom stereocenters. The van der Waals surface area contributed by atoms with Crippen molar-refractivity contribution < 1.29 is 17.9 Å². The number of nitrogens with one attached hydrogen (secondary N) is 1. The van der Waals surface area contributed by atoms with E-state index in [0.29, 0.717) is 18.8 Å². The molecule has 128 valence electrons. The van der Waals surface area contributed by atoms with Crippen molar-refractivity contribution in [2.75, 3.05) is 23.9 Å². The Morgan fingerprint density at radius 2 is 2.26 bits per heavy atom. The SMILES string of the molecule is Cc1cccc(OCCSC(C)C(=O)NC2CCS(=O)(=O)C2)c1. The Morgan fingerprint density at radius 3 is 2.91 bits per heavy atom. The topological polar surface area (TPSA) is 72.5 Å². The molecule has 1 saturated heterocycles. The molecule has 1 aliphatic heterocycles. The van der Waals surface area contributed by atoms with Crippen molar-refractivity contribution in [1.29, 1.82) is 0 Å². The first-order valence-corrected chi connectivity index (χ1v) is 10.5. The molecule has 2 atom stereocenters. The molecule has 5 nitrogen and oxygen atoms in total. The van der Waals surface area contributed by atoms with Crippen molar-refractivity contribution in [3.8, 4) is 5.75 Å². The highest BCUT2D eigenvalue weighted by molar-refractivity contribution is 8.00. The molecule has 1 aliphatic rings. The summed E-state index contributed by atoms with van der Waals surface area (Å²) in [6, 6.07) is 7.61. The van der Waals surface area contributed by atoms with Gasteiger partial charge in [0.15, 0.2) is 9.84 Å². The van der Waals surface area contributed by atoms with Gasteiger partial charge in [0.2, 0.25) is 5.91 Å². The van der Waals surface area contributed by atoms with Crippen LogP contribution in [0.4, 0.5) is 0 Å². The van der Waals surface area contributed by atoms with E-state index in [1.165, 1.54) is 11.8 Å². The first kappa shape index (κ1) is 18.1. The molecule has 0 radical (unpaired) electrons. The number of carbonyl (C=O) groups is 1. The van der Waals surface area contributed by atoms with E-state index in [4.69, 9.17) is 4.74 Å². The molecular weight excluding hydrogens is 334 g/mol. The summed E-state index contributed by atoms with van der Waals surface area (Å²) in [7, 11) is -2.96. The van der Waals surface area contributed by atoms with E-state index in [2.05, 4.69) is 5.32 Å². The zero-order chi connectivity index (χ0) is 16.9. The summed E-state index contributed by atoms with van der Waals surface area (Å²) in [6.45, 7) is 4.37. The molecule has 0 aliphatic carbocycles. The van der Waals surface area contributed by atoms with Crippen molar-refractivity contribution in [3.05, 3.63) is 29.8 Å². The molecule has 1 heterocycles. The molecule has 1 aromatic rings. The van der Waals surface area contributed by atoms with Crippen LogP contribution in [-0.2, 0) is 14.6 Å². The van der Waals surface area contributed by atoms with Gasteiger partial charge in [0.05, 0.1) is 23.4 Å². The number of hydrogen-bond donors (Lipinski definition) is 1. The maximum absolute atomic E-state index is 12.1. The van der Waals surface area contributed by atoms with Gasteiger partial charge in [-0.1, -0.05) is 12.1 Å². The van der Waals surface area contributed by atoms with Gasteiger partial charge in [-0.25, -0.2) is 8.42 Å². The molecule has 0 aromatic heterocycles. The van der Waals surface area contributed by atoms with Gasteiger partial charge in [0, 0.05) is 11.8 Å². The third-order valence-corrected chi connectivity index (χ3v) is 6.54. The Balaban J connectivity index is 1.66. The number of hydrogen-bond acceptors (Lipinski definition) is 5. The van der Waals surface area contributed by atoms with Crippen molar-refractivity contribution in [2.24, 2.45) is 0 Å². The summed E-state index contributed by atoms with van der Waals surface area (Å²) in [4.78, 5) is 12.1. The maximum atomic E-state index is 12.1. The van der Waals surface area contributed by atoms with Gasteiger partial charge in [0.1, 0.15) is 5.75 Å². The molecule has 23 heavy (non-hydrogen) atoms. The summed E-state index contributed by atoms with van der Waals surface area (Å²) in [5.41, 5.74) is 1.15. The Kier molecular flexibility index (Phi) is 6.35. The number of amides is 1. The van der Waals surface area contributed by atoms with Gasteiger partial charge >= 0.3 is 0 Å². The minimum Gasteiger partial charge on any atom is -0.493 e. The maximum Gasteiger partial charge on any atom is 0.233 e. The van der Waals surface area contributed by atoms with E-state index in [-0.39, 0.29) is 28.7 Å². The Labute approximate surface area is 142 Å². The van der Waals surface area contributed by atoms with E-state index < -0.39 is 9.84 Å². The molecular formula is C16H23NO4S2. The van der Waals surface area contributed by atoms with Gasteiger partial charge in [-0.3, -0.25) is 4.79 Å². The molecule has 7 heteroatoms. The lowest BCUT2D eigenvalue weighted by Crippen LogP contribution is -2.40. The predicted molar refractivity (Wildman–Crippen MR) is 93.8 cm³/mol. The van der Waals surface area contributed by atoms with E-state index in [0.717, 1.165) is 11.3 Å². The largest absolute Gasteiger partial charge is 0.493 e. The fourth-order valence-corrected chi connectivity index (χ4v) is 4.82. The van der Waals surface area contributed by atoms with Gasteiger partial charge in [0.25, 0.3) is 0 Å². The molecule has 2 rings (SSSR count). The fourth-order valence-electron chi connectivity index (χ4n) is 2.39. The summed E-state index contributed by atoms with van der Waals surface area (Å²) in [5, 5.41) is 2.60. The zero-order valence-corrected chi connectivity index (χ0v) is 15.1. The lowest BCUT2D eigenvalue weighted by Gasteiger charge is -2.15. The highest BCUT2D eigenvalue weighted by atomic mass is 32.2. The smallest absolute Gasteiger partial charge is 0.233 e. The number of ether oxygens (including phenoxy) is 1. The Hall–Kier alpha value is -1.21. The average Bonchev–Trinajstić information content (AvgIpc) is 2.82. The van der Waals surface area contributed by atoms with Crippen molar-refractivity contribution >= 4 is 27.5 Å². The predicted octanol–water partition coefficient (Wildman–Crippen LogP) is 1.80. The molecule has 0 bridgehead atoms. The van der Waals surface area contributed by atoms with Crippen LogP contribution >= 0.6 is 11.8 Å². The van der Waals surface area contributed by atoms with Gasteiger partial charge in [-0.15, -0.1) is 11.8 Å². The van der Waals surface area contributed by atoms with Crippen molar-refractivity contribution in [3.63, 3.8) is 0 Å². The zero-order valence-electron chi connectivity index (χ0n) is 13.4. The first-order chi connectivity index (χ1) is 10.9. The first-order valence-electron chi connectivity index (χ1n) is 7.67. The molecule has 1 aromatic carbocycles. The summed E-state index contributed by atoms with van der Waals surface area (Å²) < 4.78 is 28.4. The lowest BCUT2D eigenvalue weighted by atomic mass is 10.2. The second-order valence-electron chi connectivity index (χ2n) is 5.79. The monoisotopic (exact) mass is 357 g/mol. The van der Waals surface area contributed by atoms with Crippen LogP contribution in [0.2, 0.25) is 0 Å².